The molecule has 0 bridgehead atoms. The Morgan fingerprint density at radius 1 is 0.964 bits per heavy atom. The molecule has 4 heterocycles. The number of H-pyrrole nitrogens is 1. The number of piperazine rings is 1. The maximum Gasteiger partial charge on any atom is 0.246 e. The molecule has 0 aromatic carbocycles. The highest BCUT2D eigenvalue weighted by atomic mass is 32.2. The molecular weight excluding hydrogens is 378 g/mol. The van der Waals surface area contributed by atoms with Gasteiger partial charge < -0.3 is 9.47 Å². The van der Waals surface area contributed by atoms with Gasteiger partial charge >= 0.3 is 0 Å². The predicted octanol–water partition coefficient (Wildman–Crippen LogP) is 1.43. The van der Waals surface area contributed by atoms with E-state index in [4.69, 9.17) is 0 Å². The minimum absolute atomic E-state index is 0.286. The van der Waals surface area contributed by atoms with Crippen LogP contribution >= 0.6 is 0 Å². The highest BCUT2D eigenvalue weighted by Crippen LogP contribution is 2.24. The molecule has 1 aliphatic rings. The van der Waals surface area contributed by atoms with Crippen LogP contribution in [0, 0.1) is 20.8 Å². The summed E-state index contributed by atoms with van der Waals surface area (Å²) in [6.45, 7) is 7.23. The molecule has 1 aliphatic heterocycles. The lowest BCUT2D eigenvalue weighted by atomic mass is 10.3. The van der Waals surface area contributed by atoms with Gasteiger partial charge in [-0.15, -0.1) is 0 Å². The Morgan fingerprint density at radius 2 is 1.61 bits per heavy atom. The van der Waals surface area contributed by atoms with Crippen LogP contribution in [0.4, 0.5) is 5.82 Å². The van der Waals surface area contributed by atoms with Gasteiger partial charge in [-0.3, -0.25) is 5.10 Å². The molecule has 3 aromatic heterocycles. The van der Waals surface area contributed by atoms with Crippen LogP contribution in [0.1, 0.15) is 17.2 Å². The molecule has 1 fully saturated rings. The number of aromatic amines is 1. The van der Waals surface area contributed by atoms with Gasteiger partial charge in [0, 0.05) is 44.6 Å². The summed E-state index contributed by atoms with van der Waals surface area (Å²) in [6.07, 6.45) is 3.87. The minimum Gasteiger partial charge on any atom is -0.354 e. The molecule has 0 saturated carbocycles. The first-order valence-corrected chi connectivity index (χ1v) is 10.6. The summed E-state index contributed by atoms with van der Waals surface area (Å²) < 4.78 is 29.5. The Hall–Kier alpha value is -2.72. The second-order valence-electron chi connectivity index (χ2n) is 6.88. The van der Waals surface area contributed by atoms with E-state index in [2.05, 4.69) is 25.1 Å². The fourth-order valence-corrected chi connectivity index (χ4v) is 5.28. The van der Waals surface area contributed by atoms with Crippen molar-refractivity contribution in [3.63, 3.8) is 0 Å². The van der Waals surface area contributed by atoms with Crippen molar-refractivity contribution < 1.29 is 8.42 Å². The molecule has 0 unspecified atom stereocenters. The van der Waals surface area contributed by atoms with Crippen molar-refractivity contribution in [1.29, 1.82) is 0 Å². The third-order valence-electron chi connectivity index (χ3n) is 4.90. The zero-order valence-electron chi connectivity index (χ0n) is 16.1. The number of hydrogen-bond acceptors (Lipinski definition) is 6. The standard InChI is InChI=1S/C18H23N7O2S/c1-13-18(14(2)22-21-13)28(26,27)25-10-8-24(9-11-25)17-12-16(19-15(3)20-17)23-6-4-5-7-23/h4-7,12H,8-11H2,1-3H3,(H,21,22). The number of nitrogens with zero attached hydrogens (tertiary/aromatic N) is 6. The summed E-state index contributed by atoms with van der Waals surface area (Å²) in [4.78, 5) is 11.4. The van der Waals surface area contributed by atoms with Gasteiger partial charge in [0.1, 0.15) is 22.4 Å². The summed E-state index contributed by atoms with van der Waals surface area (Å²) >= 11 is 0. The maximum absolute atomic E-state index is 13.0. The van der Waals surface area contributed by atoms with E-state index in [0.29, 0.717) is 43.4 Å². The van der Waals surface area contributed by atoms with Crippen molar-refractivity contribution in [2.45, 2.75) is 25.7 Å². The number of aryl methyl sites for hydroxylation is 3. The monoisotopic (exact) mass is 401 g/mol. The fourth-order valence-electron chi connectivity index (χ4n) is 3.53. The molecule has 28 heavy (non-hydrogen) atoms. The molecule has 9 nitrogen and oxygen atoms in total. The maximum atomic E-state index is 13.0. The first kappa shape index (κ1) is 18.6. The largest absolute Gasteiger partial charge is 0.354 e. The van der Waals surface area contributed by atoms with Crippen LogP contribution in [0.5, 0.6) is 0 Å². The smallest absolute Gasteiger partial charge is 0.246 e. The van der Waals surface area contributed by atoms with E-state index in [1.165, 1.54) is 4.31 Å². The molecule has 3 aromatic rings. The molecular formula is C18H23N7O2S. The summed E-state index contributed by atoms with van der Waals surface area (Å²) in [5.74, 6) is 2.29. The number of sulfonamides is 1. The molecule has 0 spiro atoms. The van der Waals surface area contributed by atoms with Crippen molar-refractivity contribution in [2.75, 3.05) is 31.1 Å². The summed E-state index contributed by atoms with van der Waals surface area (Å²) in [5, 5.41) is 6.78. The Kier molecular flexibility index (Phi) is 4.68. The first-order chi connectivity index (χ1) is 13.4. The second-order valence-corrected chi connectivity index (χ2v) is 8.75. The molecule has 0 radical (unpaired) electrons. The third-order valence-corrected chi connectivity index (χ3v) is 7.06. The first-order valence-electron chi connectivity index (χ1n) is 9.12. The van der Waals surface area contributed by atoms with E-state index in [1.54, 1.807) is 13.8 Å². The Labute approximate surface area is 164 Å². The molecule has 10 heteroatoms. The highest BCUT2D eigenvalue weighted by Gasteiger charge is 2.32. The Morgan fingerprint density at radius 3 is 2.21 bits per heavy atom. The van der Waals surface area contributed by atoms with Crippen molar-refractivity contribution in [2.24, 2.45) is 0 Å². The van der Waals surface area contributed by atoms with Gasteiger partial charge in [0.25, 0.3) is 0 Å². The van der Waals surface area contributed by atoms with Gasteiger partial charge in [0.2, 0.25) is 10.0 Å². The van der Waals surface area contributed by atoms with Crippen LogP contribution in [0.3, 0.4) is 0 Å². The average Bonchev–Trinajstić information content (AvgIpc) is 3.31. The van der Waals surface area contributed by atoms with E-state index >= 15 is 0 Å². The fraction of sp³-hybridized carbons (Fsp3) is 0.389. The molecule has 0 atom stereocenters. The number of aromatic nitrogens is 5. The van der Waals surface area contributed by atoms with Gasteiger partial charge in [-0.1, -0.05) is 0 Å². The predicted molar refractivity (Wildman–Crippen MR) is 105 cm³/mol. The van der Waals surface area contributed by atoms with E-state index in [9.17, 15) is 8.42 Å². The van der Waals surface area contributed by atoms with Crippen LogP contribution in [0.2, 0.25) is 0 Å². The zero-order valence-corrected chi connectivity index (χ0v) is 16.9. The van der Waals surface area contributed by atoms with Gasteiger partial charge in [0.15, 0.2) is 0 Å². The van der Waals surface area contributed by atoms with Crippen molar-refractivity contribution in [3.05, 3.63) is 47.8 Å². The lowest BCUT2D eigenvalue weighted by molar-refractivity contribution is 0.383. The molecule has 148 valence electrons. The van der Waals surface area contributed by atoms with Gasteiger partial charge in [-0.2, -0.15) is 9.40 Å². The van der Waals surface area contributed by atoms with E-state index in [0.717, 1.165) is 11.6 Å². The molecule has 4 rings (SSSR count). The van der Waals surface area contributed by atoms with E-state index in [-0.39, 0.29) is 4.90 Å². The van der Waals surface area contributed by atoms with Crippen LogP contribution in [0.15, 0.2) is 35.5 Å². The number of rotatable bonds is 4. The summed E-state index contributed by atoms with van der Waals surface area (Å²) in [6, 6.07) is 5.82. The van der Waals surface area contributed by atoms with Crippen molar-refractivity contribution in [1.82, 2.24) is 29.0 Å². The SMILES string of the molecule is Cc1nc(N2CCN(S(=O)(=O)c3c(C)n[nH]c3C)CC2)cc(-n2cccc2)n1. The quantitative estimate of drug-likeness (QED) is 0.710. The zero-order chi connectivity index (χ0) is 19.9. The highest BCUT2D eigenvalue weighted by molar-refractivity contribution is 7.89. The Balaban J connectivity index is 1.54. The van der Waals surface area contributed by atoms with Crippen LogP contribution in [0.25, 0.3) is 5.82 Å². The van der Waals surface area contributed by atoms with Crippen LogP contribution < -0.4 is 4.90 Å². The Bertz CT molecular complexity index is 1060. The van der Waals surface area contributed by atoms with Crippen LogP contribution in [-0.4, -0.2) is 63.6 Å². The minimum atomic E-state index is -3.56. The van der Waals surface area contributed by atoms with Crippen molar-refractivity contribution >= 4 is 15.8 Å². The number of hydrogen-bond donors (Lipinski definition) is 1. The van der Waals surface area contributed by atoms with Crippen molar-refractivity contribution in [3.8, 4) is 5.82 Å². The number of nitrogens with one attached hydrogen (secondary N) is 1. The lowest BCUT2D eigenvalue weighted by Crippen LogP contribution is -2.49. The molecule has 0 amide bonds. The summed E-state index contributed by atoms with van der Waals surface area (Å²) in [7, 11) is -3.56. The van der Waals surface area contributed by atoms with Gasteiger partial charge in [-0.05, 0) is 32.9 Å². The number of anilines is 1. The molecule has 0 aliphatic carbocycles. The molecule has 1 saturated heterocycles. The average molecular weight is 401 g/mol. The van der Waals surface area contributed by atoms with E-state index in [1.807, 2.05) is 42.1 Å². The van der Waals surface area contributed by atoms with E-state index < -0.39 is 10.0 Å². The van der Waals surface area contributed by atoms with Gasteiger partial charge in [0.05, 0.1) is 11.4 Å². The lowest BCUT2D eigenvalue weighted by Gasteiger charge is -2.34. The van der Waals surface area contributed by atoms with Gasteiger partial charge in [-0.25, -0.2) is 18.4 Å². The third kappa shape index (κ3) is 3.29. The second kappa shape index (κ2) is 7.02. The molecule has 1 N–H and O–H groups in total. The summed E-state index contributed by atoms with van der Waals surface area (Å²) in [5.41, 5.74) is 1.07. The normalized spacial score (nSPS) is 15.9. The van der Waals surface area contributed by atoms with Crippen LogP contribution in [-0.2, 0) is 10.0 Å². The topological polar surface area (TPSA) is 100 Å².